The first-order valence-corrected chi connectivity index (χ1v) is 5.79. The molecule has 0 bridgehead atoms. The fraction of sp³-hybridized carbons (Fsp3) is 0.500. The topological polar surface area (TPSA) is 51.0 Å². The molecule has 4 heteroatoms. The SMILES string of the molecule is CCCc1noc2ncc(CNCC)cc12. The molecule has 2 heterocycles. The van der Waals surface area contributed by atoms with Crippen LogP contribution in [0.4, 0.5) is 0 Å². The van der Waals surface area contributed by atoms with Gasteiger partial charge in [-0.05, 0) is 24.6 Å². The van der Waals surface area contributed by atoms with E-state index in [0.717, 1.165) is 37.0 Å². The molecule has 0 saturated carbocycles. The average molecular weight is 219 g/mol. The monoisotopic (exact) mass is 219 g/mol. The van der Waals surface area contributed by atoms with Gasteiger partial charge in [-0.2, -0.15) is 0 Å². The molecule has 0 aromatic carbocycles. The Morgan fingerprint density at radius 3 is 3.00 bits per heavy atom. The number of pyridine rings is 1. The molecule has 0 saturated heterocycles. The zero-order valence-corrected chi connectivity index (χ0v) is 9.79. The summed E-state index contributed by atoms with van der Waals surface area (Å²) >= 11 is 0. The van der Waals surface area contributed by atoms with Gasteiger partial charge >= 0.3 is 0 Å². The molecule has 4 nitrogen and oxygen atoms in total. The van der Waals surface area contributed by atoms with E-state index in [0.29, 0.717) is 5.71 Å². The fourth-order valence-electron chi connectivity index (χ4n) is 1.71. The molecule has 2 aromatic heterocycles. The molecule has 0 amide bonds. The molecule has 0 unspecified atom stereocenters. The lowest BCUT2D eigenvalue weighted by molar-refractivity contribution is 0.438. The van der Waals surface area contributed by atoms with Crippen molar-refractivity contribution in [2.24, 2.45) is 0 Å². The highest BCUT2D eigenvalue weighted by atomic mass is 16.5. The summed E-state index contributed by atoms with van der Waals surface area (Å²) in [7, 11) is 0. The van der Waals surface area contributed by atoms with Crippen molar-refractivity contribution in [3.8, 4) is 0 Å². The van der Waals surface area contributed by atoms with Crippen molar-refractivity contribution in [3.63, 3.8) is 0 Å². The van der Waals surface area contributed by atoms with Crippen LogP contribution in [0.15, 0.2) is 16.8 Å². The van der Waals surface area contributed by atoms with Crippen LogP contribution in [0.2, 0.25) is 0 Å². The Hall–Kier alpha value is -1.42. The molecule has 1 N–H and O–H groups in total. The maximum Gasteiger partial charge on any atom is 0.257 e. The average Bonchev–Trinajstić information content (AvgIpc) is 2.70. The van der Waals surface area contributed by atoms with Gasteiger partial charge in [-0.1, -0.05) is 25.4 Å². The van der Waals surface area contributed by atoms with Crippen LogP contribution < -0.4 is 5.32 Å². The van der Waals surface area contributed by atoms with Gasteiger partial charge in [0, 0.05) is 12.7 Å². The first-order valence-electron chi connectivity index (χ1n) is 5.79. The van der Waals surface area contributed by atoms with E-state index in [1.54, 1.807) is 0 Å². The highest BCUT2D eigenvalue weighted by Crippen LogP contribution is 2.18. The first-order chi connectivity index (χ1) is 7.85. The smallest absolute Gasteiger partial charge is 0.257 e. The fourth-order valence-corrected chi connectivity index (χ4v) is 1.71. The molecule has 0 aliphatic heterocycles. The predicted octanol–water partition coefficient (Wildman–Crippen LogP) is 2.28. The van der Waals surface area contributed by atoms with Crippen LogP contribution in [0.1, 0.15) is 31.5 Å². The van der Waals surface area contributed by atoms with Gasteiger partial charge in [0.05, 0.1) is 11.1 Å². The van der Waals surface area contributed by atoms with E-state index in [4.69, 9.17) is 4.52 Å². The first kappa shape index (κ1) is 11.1. The van der Waals surface area contributed by atoms with Crippen LogP contribution in [0.3, 0.4) is 0 Å². The number of hydrogen-bond donors (Lipinski definition) is 1. The van der Waals surface area contributed by atoms with Crippen LogP contribution in [0, 0.1) is 0 Å². The molecule has 0 spiro atoms. The van der Waals surface area contributed by atoms with Gasteiger partial charge in [0.1, 0.15) is 0 Å². The quantitative estimate of drug-likeness (QED) is 0.838. The highest BCUT2D eigenvalue weighted by Gasteiger charge is 2.08. The minimum atomic E-state index is 0.642. The van der Waals surface area contributed by atoms with Gasteiger partial charge < -0.3 is 9.84 Å². The Bertz CT molecular complexity index is 464. The number of nitrogens with one attached hydrogen (secondary N) is 1. The van der Waals surface area contributed by atoms with E-state index in [9.17, 15) is 0 Å². The third-order valence-electron chi connectivity index (χ3n) is 2.53. The van der Waals surface area contributed by atoms with Crippen molar-refractivity contribution in [3.05, 3.63) is 23.5 Å². The largest absolute Gasteiger partial charge is 0.336 e. The molecule has 0 radical (unpaired) electrons. The van der Waals surface area contributed by atoms with E-state index >= 15 is 0 Å². The summed E-state index contributed by atoms with van der Waals surface area (Å²) in [6.07, 6.45) is 3.85. The van der Waals surface area contributed by atoms with E-state index in [-0.39, 0.29) is 0 Å². The Balaban J connectivity index is 2.30. The second-order valence-corrected chi connectivity index (χ2v) is 3.86. The Morgan fingerprint density at radius 1 is 1.38 bits per heavy atom. The summed E-state index contributed by atoms with van der Waals surface area (Å²) in [4.78, 5) is 4.27. The summed E-state index contributed by atoms with van der Waals surface area (Å²) < 4.78 is 5.18. The summed E-state index contributed by atoms with van der Waals surface area (Å²) in [5.74, 6) is 0. The maximum absolute atomic E-state index is 5.18. The van der Waals surface area contributed by atoms with Gasteiger partial charge in [-0.25, -0.2) is 4.98 Å². The normalized spacial score (nSPS) is 11.1. The van der Waals surface area contributed by atoms with Gasteiger partial charge in [0.2, 0.25) is 0 Å². The minimum absolute atomic E-state index is 0.642. The number of fused-ring (bicyclic) bond motifs is 1. The number of rotatable bonds is 5. The van der Waals surface area contributed by atoms with E-state index in [1.165, 1.54) is 5.56 Å². The molecule has 2 rings (SSSR count). The number of hydrogen-bond acceptors (Lipinski definition) is 4. The predicted molar refractivity (Wildman–Crippen MR) is 63.2 cm³/mol. The van der Waals surface area contributed by atoms with Crippen molar-refractivity contribution in [1.29, 1.82) is 0 Å². The van der Waals surface area contributed by atoms with Crippen LogP contribution in [-0.4, -0.2) is 16.7 Å². The minimum Gasteiger partial charge on any atom is -0.336 e. The lowest BCUT2D eigenvalue weighted by atomic mass is 10.1. The van der Waals surface area contributed by atoms with Gasteiger partial charge in [-0.15, -0.1) is 0 Å². The molecule has 0 aliphatic rings. The molecule has 2 aromatic rings. The van der Waals surface area contributed by atoms with Crippen LogP contribution in [0.25, 0.3) is 11.1 Å². The zero-order valence-electron chi connectivity index (χ0n) is 9.79. The van der Waals surface area contributed by atoms with Gasteiger partial charge in [0.25, 0.3) is 5.71 Å². The third kappa shape index (κ3) is 2.22. The summed E-state index contributed by atoms with van der Waals surface area (Å²) in [6.45, 7) is 6.03. The van der Waals surface area contributed by atoms with Crippen molar-refractivity contribution >= 4 is 11.1 Å². The lowest BCUT2D eigenvalue weighted by Crippen LogP contribution is -2.11. The lowest BCUT2D eigenvalue weighted by Gasteiger charge is -2.00. The summed E-state index contributed by atoms with van der Waals surface area (Å²) in [5.41, 5.74) is 2.84. The highest BCUT2D eigenvalue weighted by molar-refractivity contribution is 5.76. The van der Waals surface area contributed by atoms with Crippen molar-refractivity contribution < 1.29 is 4.52 Å². The Kier molecular flexibility index (Phi) is 3.51. The van der Waals surface area contributed by atoms with Crippen LogP contribution >= 0.6 is 0 Å². The Labute approximate surface area is 95.0 Å². The molecule has 0 atom stereocenters. The standard InChI is InChI=1S/C12H17N3O/c1-3-5-11-10-6-9(7-13-4-2)8-14-12(10)16-15-11/h6,8,13H,3-5,7H2,1-2H3. The van der Waals surface area contributed by atoms with E-state index < -0.39 is 0 Å². The van der Waals surface area contributed by atoms with Gasteiger partial charge in [-0.3, -0.25) is 0 Å². The maximum atomic E-state index is 5.18. The summed E-state index contributed by atoms with van der Waals surface area (Å²) in [5, 5.41) is 8.38. The van der Waals surface area contributed by atoms with Crippen molar-refractivity contribution in [2.45, 2.75) is 33.2 Å². The molecular formula is C12H17N3O. The van der Waals surface area contributed by atoms with E-state index in [2.05, 4.69) is 35.4 Å². The molecule has 0 aliphatic carbocycles. The van der Waals surface area contributed by atoms with Crippen LogP contribution in [0.5, 0.6) is 0 Å². The molecule has 16 heavy (non-hydrogen) atoms. The zero-order chi connectivity index (χ0) is 11.4. The molecule has 86 valence electrons. The number of aromatic nitrogens is 2. The number of nitrogens with zero attached hydrogens (tertiary/aromatic N) is 2. The van der Waals surface area contributed by atoms with Crippen LogP contribution in [-0.2, 0) is 13.0 Å². The van der Waals surface area contributed by atoms with Crippen molar-refractivity contribution in [1.82, 2.24) is 15.5 Å². The molecular weight excluding hydrogens is 202 g/mol. The van der Waals surface area contributed by atoms with E-state index in [1.807, 2.05) is 6.20 Å². The number of aryl methyl sites for hydroxylation is 1. The molecule has 0 fully saturated rings. The van der Waals surface area contributed by atoms with Crippen molar-refractivity contribution in [2.75, 3.05) is 6.54 Å². The Morgan fingerprint density at radius 2 is 2.25 bits per heavy atom. The third-order valence-corrected chi connectivity index (χ3v) is 2.53. The second kappa shape index (κ2) is 5.07. The summed E-state index contributed by atoms with van der Waals surface area (Å²) in [6, 6.07) is 2.12. The van der Waals surface area contributed by atoms with Gasteiger partial charge in [0.15, 0.2) is 0 Å². The second-order valence-electron chi connectivity index (χ2n) is 3.86.